The summed E-state index contributed by atoms with van der Waals surface area (Å²) in [6.07, 6.45) is 0.528. The highest BCUT2D eigenvalue weighted by molar-refractivity contribution is 6.03. The fourth-order valence-electron chi connectivity index (χ4n) is 2.39. The fourth-order valence-corrected chi connectivity index (χ4v) is 2.39. The van der Waals surface area contributed by atoms with Gasteiger partial charge in [0.05, 0.1) is 6.04 Å². The molecule has 0 spiro atoms. The molecule has 2 aromatic rings. The second-order valence-electron chi connectivity index (χ2n) is 4.78. The first-order chi connectivity index (χ1) is 8.74. The summed E-state index contributed by atoms with van der Waals surface area (Å²) in [5.74, 6) is 0.218. The second-order valence-corrected chi connectivity index (χ2v) is 4.78. The smallest absolute Gasteiger partial charge is 0.167 e. The Bertz CT molecular complexity index is 586. The molecule has 90 valence electrons. The standard InChI is InChI=1S/C16H15NO/c1-11-6-8-12(9-7-11)15-10-16(18)13-4-2-3-5-14(13)17-15/h2-9,15,17H,10H2,1H3/t15-/m1/s1. The lowest BCUT2D eigenvalue weighted by molar-refractivity contribution is 0.0972. The minimum atomic E-state index is 0.0907. The van der Waals surface area contributed by atoms with E-state index in [2.05, 4.69) is 36.5 Å². The van der Waals surface area contributed by atoms with Crippen LogP contribution in [0.25, 0.3) is 0 Å². The van der Waals surface area contributed by atoms with Crippen molar-refractivity contribution in [2.45, 2.75) is 19.4 Å². The van der Waals surface area contributed by atoms with Gasteiger partial charge in [-0.3, -0.25) is 4.79 Å². The Morgan fingerprint density at radius 1 is 1.06 bits per heavy atom. The van der Waals surface area contributed by atoms with Crippen LogP contribution in [-0.2, 0) is 0 Å². The molecule has 2 aromatic carbocycles. The summed E-state index contributed by atoms with van der Waals surface area (Å²) in [5, 5.41) is 3.44. The maximum atomic E-state index is 12.1. The van der Waals surface area contributed by atoms with Crippen molar-refractivity contribution in [1.29, 1.82) is 0 Å². The Balaban J connectivity index is 1.94. The quantitative estimate of drug-likeness (QED) is 0.818. The van der Waals surface area contributed by atoms with E-state index in [0.29, 0.717) is 6.42 Å². The number of fused-ring (bicyclic) bond motifs is 1. The van der Waals surface area contributed by atoms with Crippen LogP contribution in [-0.4, -0.2) is 5.78 Å². The number of hydrogen-bond acceptors (Lipinski definition) is 2. The summed E-state index contributed by atoms with van der Waals surface area (Å²) in [6, 6.07) is 16.2. The molecule has 1 aliphatic rings. The molecule has 0 saturated heterocycles. The predicted octanol–water partition coefficient (Wildman–Crippen LogP) is 3.73. The van der Waals surface area contributed by atoms with E-state index in [1.165, 1.54) is 11.1 Å². The lowest BCUT2D eigenvalue weighted by atomic mass is 9.92. The Kier molecular flexibility index (Phi) is 2.63. The van der Waals surface area contributed by atoms with Gasteiger partial charge in [0.25, 0.3) is 0 Å². The third kappa shape index (κ3) is 1.90. The average Bonchev–Trinajstić information content (AvgIpc) is 2.39. The van der Waals surface area contributed by atoms with E-state index >= 15 is 0 Å². The summed E-state index contributed by atoms with van der Waals surface area (Å²) in [5.41, 5.74) is 4.16. The van der Waals surface area contributed by atoms with Gasteiger partial charge in [0, 0.05) is 17.7 Å². The van der Waals surface area contributed by atoms with E-state index in [-0.39, 0.29) is 11.8 Å². The van der Waals surface area contributed by atoms with Crippen LogP contribution in [0.1, 0.15) is 33.9 Å². The Morgan fingerprint density at radius 3 is 2.56 bits per heavy atom. The molecule has 0 saturated carbocycles. The molecule has 0 aliphatic carbocycles. The van der Waals surface area contributed by atoms with Crippen molar-refractivity contribution in [3.63, 3.8) is 0 Å². The van der Waals surface area contributed by atoms with Crippen molar-refractivity contribution in [3.05, 3.63) is 65.2 Å². The van der Waals surface area contributed by atoms with Crippen LogP contribution in [0, 0.1) is 6.92 Å². The summed E-state index contributed by atoms with van der Waals surface area (Å²) >= 11 is 0. The normalized spacial score (nSPS) is 18.1. The van der Waals surface area contributed by atoms with Gasteiger partial charge in [-0.25, -0.2) is 0 Å². The Labute approximate surface area is 107 Å². The summed E-state index contributed by atoms with van der Waals surface area (Å²) in [4.78, 5) is 12.1. The third-order valence-corrected chi connectivity index (χ3v) is 3.43. The molecule has 0 bridgehead atoms. The van der Waals surface area contributed by atoms with Gasteiger partial charge in [0.15, 0.2) is 5.78 Å². The van der Waals surface area contributed by atoms with Crippen LogP contribution in [0.2, 0.25) is 0 Å². The Hall–Kier alpha value is -2.09. The first-order valence-corrected chi connectivity index (χ1v) is 6.19. The van der Waals surface area contributed by atoms with Crippen LogP contribution in [0.15, 0.2) is 48.5 Å². The highest BCUT2D eigenvalue weighted by atomic mass is 16.1. The molecule has 1 N–H and O–H groups in total. The van der Waals surface area contributed by atoms with Crippen LogP contribution in [0.4, 0.5) is 5.69 Å². The number of Topliss-reactive ketones (excluding diaryl/α,β-unsaturated/α-hetero) is 1. The first-order valence-electron chi connectivity index (χ1n) is 6.19. The topological polar surface area (TPSA) is 29.1 Å². The molecule has 3 rings (SSSR count). The van der Waals surface area contributed by atoms with Gasteiger partial charge in [0.1, 0.15) is 0 Å². The van der Waals surface area contributed by atoms with Gasteiger partial charge in [-0.05, 0) is 24.6 Å². The number of nitrogens with one attached hydrogen (secondary N) is 1. The molecule has 0 fully saturated rings. The number of rotatable bonds is 1. The lowest BCUT2D eigenvalue weighted by Gasteiger charge is -2.26. The zero-order chi connectivity index (χ0) is 12.5. The number of para-hydroxylation sites is 1. The monoisotopic (exact) mass is 237 g/mol. The van der Waals surface area contributed by atoms with Gasteiger partial charge in [0.2, 0.25) is 0 Å². The van der Waals surface area contributed by atoms with E-state index in [1.54, 1.807) is 0 Å². The minimum Gasteiger partial charge on any atom is -0.377 e. The number of hydrogen-bond donors (Lipinski definition) is 1. The number of carbonyl (C=O) groups is 1. The SMILES string of the molecule is Cc1ccc([C@H]2CC(=O)c3ccccc3N2)cc1. The largest absolute Gasteiger partial charge is 0.377 e. The van der Waals surface area contributed by atoms with Crippen LogP contribution < -0.4 is 5.32 Å². The van der Waals surface area contributed by atoms with Gasteiger partial charge in [-0.1, -0.05) is 42.0 Å². The minimum absolute atomic E-state index is 0.0907. The van der Waals surface area contributed by atoms with E-state index in [0.717, 1.165) is 11.3 Å². The number of ketones is 1. The molecular formula is C16H15NO. The molecule has 0 radical (unpaired) electrons. The van der Waals surface area contributed by atoms with Crippen molar-refractivity contribution in [2.75, 3.05) is 5.32 Å². The van der Waals surface area contributed by atoms with E-state index in [4.69, 9.17) is 0 Å². The van der Waals surface area contributed by atoms with Crippen molar-refractivity contribution < 1.29 is 4.79 Å². The third-order valence-electron chi connectivity index (χ3n) is 3.43. The first kappa shape index (κ1) is 11.0. The van der Waals surface area contributed by atoms with Gasteiger partial charge >= 0.3 is 0 Å². The zero-order valence-electron chi connectivity index (χ0n) is 10.3. The van der Waals surface area contributed by atoms with E-state index < -0.39 is 0 Å². The van der Waals surface area contributed by atoms with Crippen molar-refractivity contribution in [1.82, 2.24) is 0 Å². The van der Waals surface area contributed by atoms with Gasteiger partial charge in [-0.15, -0.1) is 0 Å². The van der Waals surface area contributed by atoms with Crippen LogP contribution >= 0.6 is 0 Å². The summed E-state index contributed by atoms with van der Waals surface area (Å²) < 4.78 is 0. The van der Waals surface area contributed by atoms with Gasteiger partial charge < -0.3 is 5.32 Å². The lowest BCUT2D eigenvalue weighted by Crippen LogP contribution is -2.22. The summed E-state index contributed by atoms with van der Waals surface area (Å²) in [7, 11) is 0. The molecule has 1 aliphatic heterocycles. The number of carbonyl (C=O) groups excluding carboxylic acids is 1. The second kappa shape index (κ2) is 4.30. The van der Waals surface area contributed by atoms with Crippen molar-refractivity contribution in [2.24, 2.45) is 0 Å². The predicted molar refractivity (Wildman–Crippen MR) is 72.9 cm³/mol. The zero-order valence-corrected chi connectivity index (χ0v) is 10.3. The van der Waals surface area contributed by atoms with Crippen molar-refractivity contribution >= 4 is 11.5 Å². The van der Waals surface area contributed by atoms with Gasteiger partial charge in [-0.2, -0.15) is 0 Å². The highest BCUT2D eigenvalue weighted by Crippen LogP contribution is 2.32. The maximum Gasteiger partial charge on any atom is 0.167 e. The molecule has 0 amide bonds. The highest BCUT2D eigenvalue weighted by Gasteiger charge is 2.24. The molecule has 18 heavy (non-hydrogen) atoms. The Morgan fingerprint density at radius 2 is 1.78 bits per heavy atom. The molecule has 2 heteroatoms. The number of anilines is 1. The molecule has 0 unspecified atom stereocenters. The van der Waals surface area contributed by atoms with Crippen LogP contribution in [0.3, 0.4) is 0 Å². The molecule has 1 atom stereocenters. The van der Waals surface area contributed by atoms with E-state index in [9.17, 15) is 4.79 Å². The molecule has 1 heterocycles. The average molecular weight is 237 g/mol. The maximum absolute atomic E-state index is 12.1. The summed E-state index contributed by atoms with van der Waals surface area (Å²) in [6.45, 7) is 2.07. The molecule has 0 aromatic heterocycles. The van der Waals surface area contributed by atoms with Crippen LogP contribution in [0.5, 0.6) is 0 Å². The number of benzene rings is 2. The molecule has 2 nitrogen and oxygen atoms in total. The number of aryl methyl sites for hydroxylation is 1. The fraction of sp³-hybridized carbons (Fsp3) is 0.188. The molecular weight excluding hydrogens is 222 g/mol. The van der Waals surface area contributed by atoms with E-state index in [1.807, 2.05) is 24.3 Å². The van der Waals surface area contributed by atoms with Crippen molar-refractivity contribution in [3.8, 4) is 0 Å².